The molecule has 0 heterocycles. The predicted molar refractivity (Wildman–Crippen MR) is 105 cm³/mol. The van der Waals surface area contributed by atoms with Crippen molar-refractivity contribution in [2.45, 2.75) is 51.7 Å². The highest BCUT2D eigenvalue weighted by Gasteiger charge is 2.45. The number of hydrogen-bond acceptors (Lipinski definition) is 3. The Balaban J connectivity index is 1.87. The molecule has 0 aromatic heterocycles. The molecule has 0 radical (unpaired) electrons. The lowest BCUT2D eigenvalue weighted by molar-refractivity contribution is -0.115. The van der Waals surface area contributed by atoms with Gasteiger partial charge in [-0.3, -0.25) is 4.79 Å². The quantitative estimate of drug-likeness (QED) is 0.772. The van der Waals surface area contributed by atoms with E-state index in [0.29, 0.717) is 6.42 Å². The van der Waals surface area contributed by atoms with Gasteiger partial charge in [0.05, 0.1) is 18.6 Å². The first kappa shape index (κ1) is 18.6. The van der Waals surface area contributed by atoms with E-state index in [0.717, 1.165) is 34.5 Å². The van der Waals surface area contributed by atoms with Crippen LogP contribution in [0.25, 0.3) is 0 Å². The Morgan fingerprint density at radius 2 is 1.88 bits per heavy atom. The molecule has 3 rings (SSSR count). The van der Waals surface area contributed by atoms with Crippen molar-refractivity contribution in [3.63, 3.8) is 0 Å². The number of aryl methyl sites for hydroxylation is 1. The van der Waals surface area contributed by atoms with Gasteiger partial charge in [-0.15, -0.1) is 0 Å². The highest BCUT2D eigenvalue weighted by atomic mass is 16.3. The number of carbonyl (C=O) groups excluding carboxylic acids is 1. The summed E-state index contributed by atoms with van der Waals surface area (Å²) in [5.41, 5.74) is 4.73. The van der Waals surface area contributed by atoms with Gasteiger partial charge in [0.2, 0.25) is 5.91 Å². The molecule has 2 unspecified atom stereocenters. The molecule has 0 saturated heterocycles. The molecule has 0 fully saturated rings. The molecular weight excluding hydrogens is 324 g/mol. The fraction of sp³-hybridized carbons (Fsp3) is 0.409. The van der Waals surface area contributed by atoms with E-state index in [1.807, 2.05) is 50.2 Å². The molecule has 2 aromatic carbocycles. The molecular formula is C22H28N2O2. The Bertz CT molecular complexity index is 799. The van der Waals surface area contributed by atoms with Crippen molar-refractivity contribution < 1.29 is 9.90 Å². The van der Waals surface area contributed by atoms with Crippen LogP contribution in [0.15, 0.2) is 42.5 Å². The van der Waals surface area contributed by atoms with E-state index in [9.17, 15) is 9.90 Å². The summed E-state index contributed by atoms with van der Waals surface area (Å²) in [6, 6.07) is 13.7. The standard InChI is InChI=1S/C22H28N2O2/c1-5-23-20-16-13-18(14(2)11-17(16)22(3,4)21(20)26)24-19(25)12-15-9-7-6-8-10-15/h6-11,13,20-21,23,26H,5,12H2,1-4H3,(H,24,25). The Hall–Kier alpha value is -2.17. The minimum Gasteiger partial charge on any atom is -0.390 e. The second-order valence-corrected chi connectivity index (χ2v) is 7.67. The highest BCUT2D eigenvalue weighted by Crippen LogP contribution is 2.46. The van der Waals surface area contributed by atoms with Crippen molar-refractivity contribution in [1.82, 2.24) is 5.32 Å². The minimum atomic E-state index is -0.493. The summed E-state index contributed by atoms with van der Waals surface area (Å²) in [6.45, 7) is 8.96. The van der Waals surface area contributed by atoms with Gasteiger partial charge in [0.1, 0.15) is 0 Å². The van der Waals surface area contributed by atoms with Crippen LogP contribution in [0.2, 0.25) is 0 Å². The molecule has 0 aliphatic heterocycles. The van der Waals surface area contributed by atoms with E-state index >= 15 is 0 Å². The molecule has 2 atom stereocenters. The number of aliphatic hydroxyl groups is 1. The monoisotopic (exact) mass is 352 g/mol. The molecule has 4 nitrogen and oxygen atoms in total. The number of likely N-dealkylation sites (N-methyl/N-ethyl adjacent to an activating group) is 1. The van der Waals surface area contributed by atoms with E-state index in [2.05, 4.69) is 30.5 Å². The Labute approximate surface area is 155 Å². The van der Waals surface area contributed by atoms with Crippen molar-refractivity contribution in [2.75, 3.05) is 11.9 Å². The van der Waals surface area contributed by atoms with Crippen molar-refractivity contribution in [2.24, 2.45) is 0 Å². The summed E-state index contributed by atoms with van der Waals surface area (Å²) >= 11 is 0. The number of carbonyl (C=O) groups is 1. The normalized spacial score (nSPS) is 20.7. The lowest BCUT2D eigenvalue weighted by Crippen LogP contribution is -2.37. The summed E-state index contributed by atoms with van der Waals surface area (Å²) in [5, 5.41) is 17.2. The molecule has 1 amide bonds. The van der Waals surface area contributed by atoms with E-state index < -0.39 is 6.10 Å². The highest BCUT2D eigenvalue weighted by molar-refractivity contribution is 5.93. The number of aliphatic hydroxyl groups excluding tert-OH is 1. The molecule has 3 N–H and O–H groups in total. The summed E-state index contributed by atoms with van der Waals surface area (Å²) in [7, 11) is 0. The average molecular weight is 352 g/mol. The summed E-state index contributed by atoms with van der Waals surface area (Å²) in [6.07, 6.45) is -0.144. The molecule has 1 aliphatic rings. The first-order chi connectivity index (χ1) is 12.3. The Kier molecular flexibility index (Phi) is 5.17. The van der Waals surface area contributed by atoms with Gasteiger partial charge in [-0.1, -0.05) is 57.2 Å². The lowest BCUT2D eigenvalue weighted by atomic mass is 9.83. The summed E-state index contributed by atoms with van der Waals surface area (Å²) in [5.74, 6) is -0.0305. The van der Waals surface area contributed by atoms with Gasteiger partial charge in [0.25, 0.3) is 0 Å². The number of amides is 1. The third-order valence-corrected chi connectivity index (χ3v) is 5.39. The van der Waals surface area contributed by atoms with Gasteiger partial charge in [-0.2, -0.15) is 0 Å². The second kappa shape index (κ2) is 7.22. The van der Waals surface area contributed by atoms with Gasteiger partial charge in [-0.05, 0) is 41.8 Å². The topological polar surface area (TPSA) is 61.4 Å². The smallest absolute Gasteiger partial charge is 0.228 e. The maximum atomic E-state index is 12.5. The largest absolute Gasteiger partial charge is 0.390 e. The Morgan fingerprint density at radius 1 is 1.19 bits per heavy atom. The predicted octanol–water partition coefficient (Wildman–Crippen LogP) is 3.48. The first-order valence-corrected chi connectivity index (χ1v) is 9.24. The maximum absolute atomic E-state index is 12.5. The van der Waals surface area contributed by atoms with Crippen LogP contribution < -0.4 is 10.6 Å². The molecule has 0 bridgehead atoms. The maximum Gasteiger partial charge on any atom is 0.228 e. The number of hydrogen-bond donors (Lipinski definition) is 3. The van der Waals surface area contributed by atoms with E-state index in [1.165, 1.54) is 0 Å². The molecule has 0 spiro atoms. The van der Waals surface area contributed by atoms with E-state index in [4.69, 9.17) is 0 Å². The fourth-order valence-corrected chi connectivity index (χ4v) is 3.84. The van der Waals surface area contributed by atoms with Crippen molar-refractivity contribution in [3.8, 4) is 0 Å². The zero-order chi connectivity index (χ0) is 18.9. The van der Waals surface area contributed by atoms with Crippen LogP contribution in [0.4, 0.5) is 5.69 Å². The summed E-state index contributed by atoms with van der Waals surface area (Å²) < 4.78 is 0. The molecule has 2 aromatic rings. The third-order valence-electron chi connectivity index (χ3n) is 5.39. The van der Waals surface area contributed by atoms with Crippen LogP contribution in [-0.4, -0.2) is 23.7 Å². The van der Waals surface area contributed by atoms with Gasteiger partial charge in [0.15, 0.2) is 0 Å². The minimum absolute atomic E-state index is 0.0305. The van der Waals surface area contributed by atoms with Crippen LogP contribution in [0.5, 0.6) is 0 Å². The molecule has 4 heteroatoms. The first-order valence-electron chi connectivity index (χ1n) is 9.24. The van der Waals surface area contributed by atoms with Crippen molar-refractivity contribution >= 4 is 11.6 Å². The van der Waals surface area contributed by atoms with Gasteiger partial charge in [0, 0.05) is 11.1 Å². The van der Waals surface area contributed by atoms with E-state index in [-0.39, 0.29) is 17.4 Å². The number of benzene rings is 2. The Morgan fingerprint density at radius 3 is 2.54 bits per heavy atom. The summed E-state index contributed by atoms with van der Waals surface area (Å²) in [4.78, 5) is 12.5. The van der Waals surface area contributed by atoms with Crippen LogP contribution in [-0.2, 0) is 16.6 Å². The molecule has 26 heavy (non-hydrogen) atoms. The SMILES string of the molecule is CCNC1c2cc(NC(=O)Cc3ccccc3)c(C)cc2C(C)(C)C1O. The van der Waals surface area contributed by atoms with Crippen LogP contribution >= 0.6 is 0 Å². The van der Waals surface area contributed by atoms with Gasteiger partial charge < -0.3 is 15.7 Å². The van der Waals surface area contributed by atoms with Crippen molar-refractivity contribution in [3.05, 3.63) is 64.7 Å². The fourth-order valence-electron chi connectivity index (χ4n) is 3.84. The zero-order valence-corrected chi connectivity index (χ0v) is 16.0. The van der Waals surface area contributed by atoms with Crippen molar-refractivity contribution in [1.29, 1.82) is 0 Å². The van der Waals surface area contributed by atoms with E-state index in [1.54, 1.807) is 0 Å². The molecule has 138 valence electrons. The van der Waals surface area contributed by atoms with Gasteiger partial charge >= 0.3 is 0 Å². The number of nitrogens with one attached hydrogen (secondary N) is 2. The van der Waals surface area contributed by atoms with Crippen LogP contribution in [0.1, 0.15) is 49.1 Å². The number of anilines is 1. The second-order valence-electron chi connectivity index (χ2n) is 7.67. The number of rotatable bonds is 5. The average Bonchev–Trinajstić information content (AvgIpc) is 2.77. The zero-order valence-electron chi connectivity index (χ0n) is 16.0. The van der Waals surface area contributed by atoms with Crippen LogP contribution in [0, 0.1) is 6.92 Å². The lowest BCUT2D eigenvalue weighted by Gasteiger charge is -2.27. The number of fused-ring (bicyclic) bond motifs is 1. The molecule has 0 saturated carbocycles. The van der Waals surface area contributed by atoms with Crippen LogP contribution in [0.3, 0.4) is 0 Å². The molecule has 1 aliphatic carbocycles. The third kappa shape index (κ3) is 3.39. The van der Waals surface area contributed by atoms with Gasteiger partial charge in [-0.25, -0.2) is 0 Å².